The zero-order valence-corrected chi connectivity index (χ0v) is 17.7. The molecule has 0 fully saturated rings. The predicted molar refractivity (Wildman–Crippen MR) is 113 cm³/mol. The SMILES string of the molecule is CC[C@@H](C)[C@@H](C(=O)O[C@@H](C)c1nc2sc(C)c(C)c2c(=O)[nH]1)c1ccccc1. The zero-order valence-electron chi connectivity index (χ0n) is 16.9. The van der Waals surface area contributed by atoms with Crippen LogP contribution >= 0.6 is 11.3 Å². The number of hydrogen-bond acceptors (Lipinski definition) is 5. The highest BCUT2D eigenvalue weighted by Gasteiger charge is 2.29. The number of H-pyrrole nitrogens is 1. The summed E-state index contributed by atoms with van der Waals surface area (Å²) in [7, 11) is 0. The van der Waals surface area contributed by atoms with Crippen molar-refractivity contribution in [2.24, 2.45) is 5.92 Å². The molecule has 0 bridgehead atoms. The summed E-state index contributed by atoms with van der Waals surface area (Å²) in [5.74, 6) is -0.132. The van der Waals surface area contributed by atoms with E-state index in [2.05, 4.69) is 16.9 Å². The van der Waals surface area contributed by atoms with Crippen LogP contribution in [0.3, 0.4) is 0 Å². The van der Waals surface area contributed by atoms with E-state index in [4.69, 9.17) is 4.74 Å². The smallest absolute Gasteiger partial charge is 0.314 e. The molecule has 28 heavy (non-hydrogen) atoms. The van der Waals surface area contributed by atoms with E-state index in [-0.39, 0.29) is 23.4 Å². The van der Waals surface area contributed by atoms with Crippen LogP contribution in [0.25, 0.3) is 10.2 Å². The van der Waals surface area contributed by atoms with Crippen molar-refractivity contribution in [3.05, 3.63) is 62.5 Å². The number of rotatable bonds is 6. The van der Waals surface area contributed by atoms with E-state index < -0.39 is 6.10 Å². The Balaban J connectivity index is 1.88. The maximum atomic E-state index is 13.0. The Bertz CT molecular complexity index is 1040. The number of thiophene rings is 1. The number of ether oxygens (including phenoxy) is 1. The van der Waals surface area contributed by atoms with E-state index in [9.17, 15) is 9.59 Å². The minimum atomic E-state index is -0.636. The summed E-state index contributed by atoms with van der Waals surface area (Å²) in [6.07, 6.45) is 0.222. The van der Waals surface area contributed by atoms with Gasteiger partial charge in [-0.25, -0.2) is 4.98 Å². The summed E-state index contributed by atoms with van der Waals surface area (Å²) < 4.78 is 5.75. The van der Waals surface area contributed by atoms with E-state index in [1.165, 1.54) is 11.3 Å². The molecule has 0 saturated carbocycles. The average molecular weight is 399 g/mol. The van der Waals surface area contributed by atoms with Crippen LogP contribution in [0, 0.1) is 19.8 Å². The molecule has 0 aliphatic rings. The summed E-state index contributed by atoms with van der Waals surface area (Å²) in [5, 5.41) is 0.617. The van der Waals surface area contributed by atoms with E-state index in [1.54, 1.807) is 6.92 Å². The first kappa shape index (κ1) is 20.3. The minimum absolute atomic E-state index is 0.138. The summed E-state index contributed by atoms with van der Waals surface area (Å²) in [4.78, 5) is 34.6. The maximum absolute atomic E-state index is 13.0. The fourth-order valence-corrected chi connectivity index (χ4v) is 4.40. The number of carbonyl (C=O) groups is 1. The van der Waals surface area contributed by atoms with Gasteiger partial charge in [-0.15, -0.1) is 11.3 Å². The molecule has 0 saturated heterocycles. The molecule has 3 aromatic rings. The van der Waals surface area contributed by atoms with Crippen LogP contribution in [-0.4, -0.2) is 15.9 Å². The Morgan fingerprint density at radius 3 is 2.54 bits per heavy atom. The summed E-state index contributed by atoms with van der Waals surface area (Å²) in [6, 6.07) is 9.68. The number of nitrogens with zero attached hydrogens (tertiary/aromatic N) is 1. The topological polar surface area (TPSA) is 72.0 Å². The molecule has 0 spiro atoms. The van der Waals surface area contributed by atoms with Gasteiger partial charge in [0.05, 0.1) is 11.3 Å². The van der Waals surface area contributed by atoms with Gasteiger partial charge in [-0.3, -0.25) is 9.59 Å². The van der Waals surface area contributed by atoms with E-state index >= 15 is 0 Å². The highest BCUT2D eigenvalue weighted by Crippen LogP contribution is 2.31. The first-order chi connectivity index (χ1) is 13.3. The monoisotopic (exact) mass is 398 g/mol. The molecule has 0 radical (unpaired) electrons. The van der Waals surface area contributed by atoms with Crippen LogP contribution in [0.4, 0.5) is 0 Å². The van der Waals surface area contributed by atoms with E-state index in [1.807, 2.05) is 51.1 Å². The number of aromatic nitrogens is 2. The third-order valence-corrected chi connectivity index (χ3v) is 6.46. The lowest BCUT2D eigenvalue weighted by Crippen LogP contribution is -2.24. The number of aromatic amines is 1. The summed E-state index contributed by atoms with van der Waals surface area (Å²) in [6.45, 7) is 9.75. The van der Waals surface area contributed by atoms with Gasteiger partial charge in [0.2, 0.25) is 0 Å². The Labute approximate surface area is 168 Å². The van der Waals surface area contributed by atoms with Gasteiger partial charge in [-0.05, 0) is 37.8 Å². The van der Waals surface area contributed by atoms with Gasteiger partial charge >= 0.3 is 5.97 Å². The molecule has 0 aliphatic carbocycles. The van der Waals surface area contributed by atoms with Crippen molar-refractivity contribution >= 4 is 27.5 Å². The van der Waals surface area contributed by atoms with Crippen molar-refractivity contribution < 1.29 is 9.53 Å². The highest BCUT2D eigenvalue weighted by atomic mass is 32.1. The second-order valence-corrected chi connectivity index (χ2v) is 8.47. The molecule has 0 aliphatic heterocycles. The van der Waals surface area contributed by atoms with Crippen molar-refractivity contribution in [1.82, 2.24) is 9.97 Å². The van der Waals surface area contributed by atoms with Crippen molar-refractivity contribution in [1.29, 1.82) is 0 Å². The summed E-state index contributed by atoms with van der Waals surface area (Å²) in [5.41, 5.74) is 1.70. The van der Waals surface area contributed by atoms with Gasteiger partial charge in [0.15, 0.2) is 11.9 Å². The Kier molecular flexibility index (Phi) is 5.98. The molecule has 5 nitrogen and oxygen atoms in total. The molecule has 3 atom stereocenters. The fourth-order valence-electron chi connectivity index (χ4n) is 3.36. The van der Waals surface area contributed by atoms with Gasteiger partial charge in [0, 0.05) is 4.88 Å². The maximum Gasteiger partial charge on any atom is 0.314 e. The van der Waals surface area contributed by atoms with E-state index in [0.717, 1.165) is 22.4 Å². The normalized spacial score (nSPS) is 14.6. The van der Waals surface area contributed by atoms with Gasteiger partial charge in [-0.2, -0.15) is 0 Å². The van der Waals surface area contributed by atoms with Crippen LogP contribution < -0.4 is 5.56 Å². The molecule has 2 heterocycles. The average Bonchev–Trinajstić information content (AvgIpc) is 2.96. The number of benzene rings is 1. The number of hydrogen-bond donors (Lipinski definition) is 1. The largest absolute Gasteiger partial charge is 0.454 e. The fraction of sp³-hybridized carbons (Fsp3) is 0.409. The zero-order chi connectivity index (χ0) is 20.4. The number of aryl methyl sites for hydroxylation is 2. The number of esters is 1. The van der Waals surface area contributed by atoms with Gasteiger partial charge < -0.3 is 9.72 Å². The van der Waals surface area contributed by atoms with Crippen LogP contribution in [0.15, 0.2) is 35.1 Å². The third kappa shape index (κ3) is 3.87. The van der Waals surface area contributed by atoms with Crippen molar-refractivity contribution in [2.45, 2.75) is 53.1 Å². The predicted octanol–water partition coefficient (Wildman–Crippen LogP) is 5.04. The number of carbonyl (C=O) groups excluding carboxylic acids is 1. The summed E-state index contributed by atoms with van der Waals surface area (Å²) >= 11 is 1.48. The highest BCUT2D eigenvalue weighted by molar-refractivity contribution is 7.18. The lowest BCUT2D eigenvalue weighted by Gasteiger charge is -2.23. The molecule has 1 aromatic carbocycles. The molecule has 3 rings (SSSR count). The second-order valence-electron chi connectivity index (χ2n) is 7.27. The Hall–Kier alpha value is -2.47. The molecule has 0 amide bonds. The van der Waals surface area contributed by atoms with Gasteiger partial charge in [0.25, 0.3) is 5.56 Å². The minimum Gasteiger partial charge on any atom is -0.454 e. The molecule has 0 unspecified atom stereocenters. The molecule has 2 aromatic heterocycles. The Morgan fingerprint density at radius 1 is 1.21 bits per heavy atom. The van der Waals surface area contributed by atoms with E-state index in [0.29, 0.717) is 16.0 Å². The lowest BCUT2D eigenvalue weighted by molar-refractivity contribution is -0.152. The van der Waals surface area contributed by atoms with Gasteiger partial charge in [-0.1, -0.05) is 50.6 Å². The van der Waals surface area contributed by atoms with Crippen molar-refractivity contribution in [2.75, 3.05) is 0 Å². The molecular formula is C22H26N2O3S. The third-order valence-electron chi connectivity index (χ3n) is 5.36. The second kappa shape index (κ2) is 8.27. The van der Waals surface area contributed by atoms with Crippen LogP contribution in [0.1, 0.15) is 61.0 Å². The quantitative estimate of drug-likeness (QED) is 0.591. The van der Waals surface area contributed by atoms with Crippen LogP contribution in [-0.2, 0) is 9.53 Å². The molecule has 1 N–H and O–H groups in total. The number of nitrogens with one attached hydrogen (secondary N) is 1. The van der Waals surface area contributed by atoms with Crippen molar-refractivity contribution in [3.63, 3.8) is 0 Å². The first-order valence-corrected chi connectivity index (χ1v) is 10.4. The molecule has 6 heteroatoms. The molecular weight excluding hydrogens is 372 g/mol. The number of fused-ring (bicyclic) bond motifs is 1. The first-order valence-electron chi connectivity index (χ1n) is 9.58. The standard InChI is InChI=1S/C22H26N2O3S/c1-6-12(2)17(16-10-8-7-9-11-16)22(26)27-14(4)19-23-20(25)18-13(3)15(5)28-21(18)24-19/h7-12,14,17H,6H2,1-5H3,(H,23,24,25)/t12-,14+,17-/m1/s1. The van der Waals surface area contributed by atoms with Crippen molar-refractivity contribution in [3.8, 4) is 0 Å². The van der Waals surface area contributed by atoms with Gasteiger partial charge in [0.1, 0.15) is 4.83 Å². The Morgan fingerprint density at radius 2 is 1.89 bits per heavy atom. The van der Waals surface area contributed by atoms with Crippen LogP contribution in [0.2, 0.25) is 0 Å². The van der Waals surface area contributed by atoms with Crippen LogP contribution in [0.5, 0.6) is 0 Å². The molecule has 148 valence electrons. The lowest BCUT2D eigenvalue weighted by atomic mass is 9.85.